The zero-order valence-electron chi connectivity index (χ0n) is 10.9. The number of rotatable bonds is 5. The molecule has 3 unspecified atom stereocenters. The summed E-state index contributed by atoms with van der Waals surface area (Å²) < 4.78 is 0. The van der Waals surface area contributed by atoms with Crippen LogP contribution in [-0.4, -0.2) is 42.0 Å². The smallest absolute Gasteiger partial charge is 0.221 e. The average Bonchev–Trinajstić information content (AvgIpc) is 3.14. The highest BCUT2D eigenvalue weighted by atomic mass is 16.1. The van der Waals surface area contributed by atoms with Gasteiger partial charge in [-0.15, -0.1) is 0 Å². The maximum atomic E-state index is 11.3. The zero-order chi connectivity index (χ0) is 13.1. The maximum Gasteiger partial charge on any atom is 0.221 e. The number of nitrogens with zero attached hydrogens (tertiary/aromatic N) is 2. The van der Waals surface area contributed by atoms with Crippen LogP contribution in [0.2, 0.25) is 0 Å². The van der Waals surface area contributed by atoms with E-state index in [0.29, 0.717) is 25.2 Å². The Bertz CT molecular complexity index is 347. The Kier molecular flexibility index (Phi) is 4.20. The minimum atomic E-state index is -0.212. The molecule has 3 atom stereocenters. The normalized spacial score (nSPS) is 30.7. The number of nitriles is 1. The summed E-state index contributed by atoms with van der Waals surface area (Å²) in [7, 11) is 0. The third-order valence-corrected chi connectivity index (χ3v) is 4.00. The van der Waals surface area contributed by atoms with Crippen LogP contribution in [-0.2, 0) is 4.79 Å². The van der Waals surface area contributed by atoms with Crippen molar-refractivity contribution in [2.45, 2.75) is 50.7 Å². The van der Waals surface area contributed by atoms with E-state index in [-0.39, 0.29) is 17.9 Å². The molecule has 0 aromatic carbocycles. The lowest BCUT2D eigenvalue weighted by atomic mass is 9.92. The van der Waals surface area contributed by atoms with Crippen LogP contribution in [0.1, 0.15) is 32.6 Å². The molecule has 2 fully saturated rings. The largest absolute Gasteiger partial charge is 0.369 e. The number of piperidine rings is 1. The van der Waals surface area contributed by atoms with Crippen LogP contribution in [0.15, 0.2) is 0 Å². The van der Waals surface area contributed by atoms with E-state index in [1.165, 1.54) is 12.8 Å². The van der Waals surface area contributed by atoms with Crippen LogP contribution in [0.3, 0.4) is 0 Å². The Balaban J connectivity index is 1.88. The third-order valence-electron chi connectivity index (χ3n) is 4.00. The zero-order valence-corrected chi connectivity index (χ0v) is 10.9. The molecule has 1 amide bonds. The van der Waals surface area contributed by atoms with Gasteiger partial charge in [-0.05, 0) is 32.6 Å². The van der Waals surface area contributed by atoms with E-state index in [1.807, 2.05) is 0 Å². The molecule has 1 saturated heterocycles. The number of carbonyl (C=O) groups excluding carboxylic acids is 1. The molecule has 1 saturated carbocycles. The van der Waals surface area contributed by atoms with E-state index in [4.69, 9.17) is 11.0 Å². The summed E-state index contributed by atoms with van der Waals surface area (Å²) in [4.78, 5) is 13.5. The van der Waals surface area contributed by atoms with Crippen molar-refractivity contribution < 1.29 is 4.79 Å². The fraction of sp³-hybridized carbons (Fsp3) is 0.846. The molecule has 5 nitrogen and oxygen atoms in total. The number of hydrogen-bond acceptors (Lipinski definition) is 4. The van der Waals surface area contributed by atoms with Crippen molar-refractivity contribution in [2.24, 2.45) is 11.7 Å². The van der Waals surface area contributed by atoms with Crippen molar-refractivity contribution in [2.75, 3.05) is 13.1 Å². The first-order chi connectivity index (χ1) is 8.60. The molecule has 0 spiro atoms. The molecule has 100 valence electrons. The standard InChI is InChI=1S/C13H22N4O/c1-9-2-3-10(13(15)18)7-17(9)8-12(6-14)16-11-4-5-11/h9-12,16H,2-5,7-8H2,1H3,(H2,15,18). The van der Waals surface area contributed by atoms with Gasteiger partial charge in [-0.25, -0.2) is 0 Å². The van der Waals surface area contributed by atoms with E-state index >= 15 is 0 Å². The first-order valence-electron chi connectivity index (χ1n) is 6.79. The Morgan fingerprint density at radius 2 is 2.22 bits per heavy atom. The quantitative estimate of drug-likeness (QED) is 0.731. The molecule has 1 aliphatic heterocycles. The third kappa shape index (κ3) is 3.44. The molecule has 0 radical (unpaired) electrons. The number of nitrogens with two attached hydrogens (primary N) is 1. The maximum absolute atomic E-state index is 11.3. The van der Waals surface area contributed by atoms with Crippen LogP contribution in [0, 0.1) is 17.2 Å². The van der Waals surface area contributed by atoms with Crippen molar-refractivity contribution in [3.63, 3.8) is 0 Å². The summed E-state index contributed by atoms with van der Waals surface area (Å²) in [6.45, 7) is 3.54. The van der Waals surface area contributed by atoms with E-state index in [2.05, 4.69) is 23.2 Å². The Morgan fingerprint density at radius 3 is 2.78 bits per heavy atom. The van der Waals surface area contributed by atoms with Gasteiger partial charge >= 0.3 is 0 Å². The van der Waals surface area contributed by atoms with E-state index < -0.39 is 0 Å². The predicted molar refractivity (Wildman–Crippen MR) is 68.5 cm³/mol. The lowest BCUT2D eigenvalue weighted by Gasteiger charge is -2.37. The second kappa shape index (κ2) is 5.68. The van der Waals surface area contributed by atoms with E-state index in [9.17, 15) is 4.79 Å². The minimum Gasteiger partial charge on any atom is -0.369 e. The van der Waals surface area contributed by atoms with Crippen molar-refractivity contribution in [3.8, 4) is 6.07 Å². The lowest BCUT2D eigenvalue weighted by Crippen LogP contribution is -2.50. The summed E-state index contributed by atoms with van der Waals surface area (Å²) in [5.74, 6) is -0.267. The van der Waals surface area contributed by atoms with Crippen LogP contribution in [0.25, 0.3) is 0 Å². The minimum absolute atomic E-state index is 0.0542. The highest BCUT2D eigenvalue weighted by Crippen LogP contribution is 2.23. The summed E-state index contributed by atoms with van der Waals surface area (Å²) in [5, 5.41) is 12.5. The van der Waals surface area contributed by atoms with Crippen LogP contribution in [0.5, 0.6) is 0 Å². The molecule has 3 N–H and O–H groups in total. The van der Waals surface area contributed by atoms with Gasteiger partial charge in [0.05, 0.1) is 12.0 Å². The van der Waals surface area contributed by atoms with Crippen LogP contribution in [0.4, 0.5) is 0 Å². The van der Waals surface area contributed by atoms with Gasteiger partial charge in [0.25, 0.3) is 0 Å². The van der Waals surface area contributed by atoms with Crippen LogP contribution >= 0.6 is 0 Å². The van der Waals surface area contributed by atoms with Gasteiger partial charge in [0.15, 0.2) is 0 Å². The van der Waals surface area contributed by atoms with Crippen molar-refractivity contribution in [1.29, 1.82) is 5.26 Å². The highest BCUT2D eigenvalue weighted by molar-refractivity contribution is 5.76. The number of primary amides is 1. The fourth-order valence-electron chi connectivity index (χ4n) is 2.57. The van der Waals surface area contributed by atoms with E-state index in [1.54, 1.807) is 0 Å². The first-order valence-corrected chi connectivity index (χ1v) is 6.79. The van der Waals surface area contributed by atoms with Crippen LogP contribution < -0.4 is 11.1 Å². The molecule has 18 heavy (non-hydrogen) atoms. The Morgan fingerprint density at radius 1 is 1.50 bits per heavy atom. The van der Waals surface area contributed by atoms with Crippen molar-refractivity contribution in [3.05, 3.63) is 0 Å². The number of likely N-dealkylation sites (tertiary alicyclic amines) is 1. The molecular weight excluding hydrogens is 228 g/mol. The van der Waals surface area contributed by atoms with Gasteiger partial charge in [0.2, 0.25) is 5.91 Å². The number of amides is 1. The number of nitrogens with one attached hydrogen (secondary N) is 1. The molecule has 0 aromatic heterocycles. The van der Waals surface area contributed by atoms with Gasteiger partial charge in [0, 0.05) is 25.2 Å². The van der Waals surface area contributed by atoms with Crippen molar-refractivity contribution in [1.82, 2.24) is 10.2 Å². The Hall–Kier alpha value is -1.12. The van der Waals surface area contributed by atoms with Gasteiger partial charge in [-0.3, -0.25) is 15.0 Å². The van der Waals surface area contributed by atoms with Crippen molar-refractivity contribution >= 4 is 5.91 Å². The predicted octanol–water partition coefficient (Wildman–Crippen LogP) is 0.216. The summed E-state index contributed by atoms with van der Waals surface area (Å²) in [6, 6.07) is 3.14. The average molecular weight is 250 g/mol. The molecule has 1 heterocycles. The van der Waals surface area contributed by atoms with Gasteiger partial charge in [0.1, 0.15) is 6.04 Å². The second-order valence-corrected chi connectivity index (χ2v) is 5.60. The Labute approximate surface area is 108 Å². The fourth-order valence-corrected chi connectivity index (χ4v) is 2.57. The van der Waals surface area contributed by atoms with E-state index in [0.717, 1.165) is 12.8 Å². The molecule has 0 aromatic rings. The van der Waals surface area contributed by atoms with Gasteiger partial charge in [-0.1, -0.05) is 0 Å². The summed E-state index contributed by atoms with van der Waals surface area (Å²) >= 11 is 0. The van der Waals surface area contributed by atoms with Gasteiger partial charge in [-0.2, -0.15) is 5.26 Å². The monoisotopic (exact) mass is 250 g/mol. The first kappa shape index (κ1) is 13.3. The SMILES string of the molecule is CC1CCC(C(N)=O)CN1CC(C#N)NC1CC1. The molecule has 0 bridgehead atoms. The molecule has 2 rings (SSSR count). The van der Waals surface area contributed by atoms with Gasteiger partial charge < -0.3 is 5.73 Å². The number of hydrogen-bond donors (Lipinski definition) is 2. The molecular formula is C13H22N4O. The molecule has 1 aliphatic carbocycles. The summed E-state index contributed by atoms with van der Waals surface area (Å²) in [5.41, 5.74) is 5.38. The topological polar surface area (TPSA) is 82.2 Å². The lowest BCUT2D eigenvalue weighted by molar-refractivity contribution is -0.124. The molecule has 2 aliphatic rings. The summed E-state index contributed by atoms with van der Waals surface area (Å²) in [6.07, 6.45) is 4.21. The number of carbonyl (C=O) groups is 1. The second-order valence-electron chi connectivity index (χ2n) is 5.60. The molecule has 5 heteroatoms. The highest BCUT2D eigenvalue weighted by Gasteiger charge is 2.31.